The van der Waals surface area contributed by atoms with Gasteiger partial charge in [0.2, 0.25) is 0 Å². The fourth-order valence-electron chi connectivity index (χ4n) is 5.88. The van der Waals surface area contributed by atoms with Crippen LogP contribution in [0.25, 0.3) is 0 Å². The van der Waals surface area contributed by atoms with Gasteiger partial charge in [-0.1, -0.05) is 90.6 Å². The van der Waals surface area contributed by atoms with Gasteiger partial charge in [0.15, 0.2) is 0 Å². The number of fused-ring (bicyclic) bond motifs is 1. The summed E-state index contributed by atoms with van der Waals surface area (Å²) in [6.45, 7) is 0.223. The maximum absolute atomic E-state index is 14.2. The minimum atomic E-state index is -0.738. The number of amides is 2. The number of benzene rings is 3. The SMILES string of the molecule is CNC1CCCCC1N1C(=O)c2ccccc2C(C(=O)NOCc2ccccc2)C1c1ccc(Cl)cc1Cl. The Morgan fingerprint density at radius 3 is 2.47 bits per heavy atom. The highest BCUT2D eigenvalue weighted by atomic mass is 35.5. The molecule has 0 bridgehead atoms. The highest BCUT2D eigenvalue weighted by Crippen LogP contribution is 2.47. The first-order chi connectivity index (χ1) is 18.5. The van der Waals surface area contributed by atoms with E-state index in [0.29, 0.717) is 26.7 Å². The lowest BCUT2D eigenvalue weighted by atomic mass is 9.76. The molecule has 6 nitrogen and oxygen atoms in total. The van der Waals surface area contributed by atoms with Gasteiger partial charge in [0.05, 0.1) is 18.6 Å². The molecule has 0 spiro atoms. The van der Waals surface area contributed by atoms with Gasteiger partial charge < -0.3 is 10.2 Å². The maximum Gasteiger partial charge on any atom is 0.255 e. The van der Waals surface area contributed by atoms with Gasteiger partial charge in [-0.3, -0.25) is 14.4 Å². The second-order valence-electron chi connectivity index (χ2n) is 9.88. The standard InChI is InChI=1S/C30H31Cl2N3O3/c1-33-25-13-7-8-14-26(25)35-28(23-16-15-20(31)17-24(23)32)27(21-11-5-6-12-22(21)30(35)37)29(36)34-38-18-19-9-3-2-4-10-19/h2-6,9-12,15-17,25-28,33H,7-8,13-14,18H2,1H3,(H,34,36). The van der Waals surface area contributed by atoms with Crippen LogP contribution < -0.4 is 10.8 Å². The number of carbonyl (C=O) groups is 2. The van der Waals surface area contributed by atoms with Gasteiger partial charge >= 0.3 is 0 Å². The molecule has 1 heterocycles. The summed E-state index contributed by atoms with van der Waals surface area (Å²) in [6.07, 6.45) is 3.88. The van der Waals surface area contributed by atoms with E-state index >= 15 is 0 Å². The summed E-state index contributed by atoms with van der Waals surface area (Å²) in [5, 5.41) is 4.32. The Bertz CT molecular complexity index is 1300. The second-order valence-corrected chi connectivity index (χ2v) is 10.7. The van der Waals surface area contributed by atoms with Crippen LogP contribution >= 0.6 is 23.2 Å². The van der Waals surface area contributed by atoms with Crippen LogP contribution in [0.2, 0.25) is 10.0 Å². The van der Waals surface area contributed by atoms with Gasteiger partial charge in [-0.2, -0.15) is 0 Å². The first-order valence-corrected chi connectivity index (χ1v) is 13.7. The van der Waals surface area contributed by atoms with E-state index in [-0.39, 0.29) is 30.5 Å². The lowest BCUT2D eigenvalue weighted by Gasteiger charge is -2.49. The number of halogens is 2. The molecular weight excluding hydrogens is 521 g/mol. The lowest BCUT2D eigenvalue weighted by molar-refractivity contribution is -0.138. The van der Waals surface area contributed by atoms with E-state index in [1.807, 2.05) is 66.5 Å². The van der Waals surface area contributed by atoms with Crippen LogP contribution in [-0.4, -0.2) is 35.8 Å². The summed E-state index contributed by atoms with van der Waals surface area (Å²) in [5.41, 5.74) is 5.47. The van der Waals surface area contributed by atoms with Gasteiger partial charge in [-0.05, 0) is 54.8 Å². The van der Waals surface area contributed by atoms with Crippen molar-refractivity contribution >= 4 is 35.0 Å². The molecule has 4 atom stereocenters. The van der Waals surface area contributed by atoms with Crippen LogP contribution in [-0.2, 0) is 16.2 Å². The van der Waals surface area contributed by atoms with E-state index in [1.165, 1.54) is 0 Å². The molecule has 1 saturated carbocycles. The van der Waals surface area contributed by atoms with Crippen LogP contribution in [0.1, 0.15) is 64.7 Å². The molecule has 5 rings (SSSR count). The zero-order valence-corrected chi connectivity index (χ0v) is 22.7. The smallest absolute Gasteiger partial charge is 0.255 e. The Labute approximate surface area is 233 Å². The molecule has 0 radical (unpaired) electrons. The van der Waals surface area contributed by atoms with Gasteiger partial charge in [-0.15, -0.1) is 0 Å². The Morgan fingerprint density at radius 2 is 1.71 bits per heavy atom. The third-order valence-corrected chi connectivity index (χ3v) is 8.21. The molecule has 3 aromatic rings. The molecule has 1 fully saturated rings. The van der Waals surface area contributed by atoms with Crippen molar-refractivity contribution < 1.29 is 14.4 Å². The summed E-state index contributed by atoms with van der Waals surface area (Å²) in [7, 11) is 1.93. The zero-order valence-electron chi connectivity index (χ0n) is 21.2. The number of hydrogen-bond donors (Lipinski definition) is 2. The Balaban J connectivity index is 1.58. The number of likely N-dealkylation sites (N-methyl/N-ethyl adjacent to an activating group) is 1. The van der Waals surface area contributed by atoms with Gasteiger partial charge in [0.1, 0.15) is 0 Å². The second kappa shape index (κ2) is 11.9. The molecular formula is C30H31Cl2N3O3. The normalized spacial score (nSPS) is 23.1. The highest BCUT2D eigenvalue weighted by molar-refractivity contribution is 6.35. The molecule has 1 aliphatic heterocycles. The van der Waals surface area contributed by atoms with Crippen molar-refractivity contribution in [2.24, 2.45) is 0 Å². The number of carbonyl (C=O) groups excluding carboxylic acids is 2. The Hall–Kier alpha value is -2.90. The third-order valence-electron chi connectivity index (χ3n) is 7.65. The largest absolute Gasteiger partial charge is 0.326 e. The van der Waals surface area contributed by atoms with E-state index in [9.17, 15) is 9.59 Å². The monoisotopic (exact) mass is 551 g/mol. The third kappa shape index (κ3) is 5.32. The van der Waals surface area contributed by atoms with Crippen molar-refractivity contribution in [2.75, 3.05) is 7.05 Å². The predicted octanol–water partition coefficient (Wildman–Crippen LogP) is 6.05. The van der Waals surface area contributed by atoms with Crippen LogP contribution in [0.3, 0.4) is 0 Å². The van der Waals surface area contributed by atoms with Crippen LogP contribution in [0.15, 0.2) is 72.8 Å². The van der Waals surface area contributed by atoms with Gasteiger partial charge in [0, 0.05) is 27.7 Å². The topological polar surface area (TPSA) is 70.7 Å². The number of nitrogens with one attached hydrogen (secondary N) is 2. The van der Waals surface area contributed by atoms with Gasteiger partial charge in [0.25, 0.3) is 11.8 Å². The van der Waals surface area contributed by atoms with Crippen molar-refractivity contribution in [3.05, 3.63) is 105 Å². The van der Waals surface area contributed by atoms with Crippen molar-refractivity contribution in [2.45, 2.75) is 56.3 Å². The van der Waals surface area contributed by atoms with Crippen LogP contribution in [0.4, 0.5) is 0 Å². The van der Waals surface area contributed by atoms with Crippen LogP contribution in [0.5, 0.6) is 0 Å². The summed E-state index contributed by atoms with van der Waals surface area (Å²) < 4.78 is 0. The van der Waals surface area contributed by atoms with Crippen molar-refractivity contribution in [1.82, 2.24) is 15.7 Å². The predicted molar refractivity (Wildman–Crippen MR) is 149 cm³/mol. The molecule has 3 aromatic carbocycles. The summed E-state index contributed by atoms with van der Waals surface area (Å²) >= 11 is 13.0. The molecule has 38 heavy (non-hydrogen) atoms. The van der Waals surface area contributed by atoms with Gasteiger partial charge in [-0.25, -0.2) is 5.48 Å². The Morgan fingerprint density at radius 1 is 0.974 bits per heavy atom. The first-order valence-electron chi connectivity index (χ1n) is 13.0. The molecule has 1 aliphatic carbocycles. The van der Waals surface area contributed by atoms with Crippen molar-refractivity contribution in [1.29, 1.82) is 0 Å². The molecule has 2 amide bonds. The number of hydrogen-bond acceptors (Lipinski definition) is 4. The van der Waals surface area contributed by atoms with Crippen LogP contribution in [0, 0.1) is 0 Å². The number of rotatable bonds is 7. The zero-order chi connectivity index (χ0) is 26.6. The van der Waals surface area contributed by atoms with E-state index in [4.69, 9.17) is 28.0 Å². The fourth-order valence-corrected chi connectivity index (χ4v) is 6.40. The quantitative estimate of drug-likeness (QED) is 0.350. The lowest BCUT2D eigenvalue weighted by Crippen LogP contribution is -2.58. The molecule has 2 aliphatic rings. The summed E-state index contributed by atoms with van der Waals surface area (Å²) in [6, 6.07) is 21.6. The number of hydroxylamine groups is 1. The molecule has 2 N–H and O–H groups in total. The van der Waals surface area contributed by atoms with E-state index in [2.05, 4.69) is 10.8 Å². The van der Waals surface area contributed by atoms with Crippen molar-refractivity contribution in [3.8, 4) is 0 Å². The fraction of sp³-hybridized carbons (Fsp3) is 0.333. The van der Waals surface area contributed by atoms with E-state index in [0.717, 1.165) is 31.2 Å². The molecule has 0 saturated heterocycles. The van der Waals surface area contributed by atoms with Crippen molar-refractivity contribution in [3.63, 3.8) is 0 Å². The molecule has 0 aromatic heterocycles. The highest BCUT2D eigenvalue weighted by Gasteiger charge is 2.49. The molecule has 4 unspecified atom stereocenters. The average Bonchev–Trinajstić information content (AvgIpc) is 2.93. The summed E-state index contributed by atoms with van der Waals surface area (Å²) in [5.74, 6) is -1.17. The average molecular weight is 553 g/mol. The Kier molecular flexibility index (Phi) is 8.34. The van der Waals surface area contributed by atoms with E-state index < -0.39 is 12.0 Å². The number of nitrogens with zero attached hydrogens (tertiary/aromatic N) is 1. The first kappa shape index (κ1) is 26.7. The van der Waals surface area contributed by atoms with E-state index in [1.54, 1.807) is 18.2 Å². The summed E-state index contributed by atoms with van der Waals surface area (Å²) in [4.78, 5) is 35.7. The molecule has 198 valence electrons. The minimum Gasteiger partial charge on any atom is -0.326 e. The molecule has 8 heteroatoms. The maximum atomic E-state index is 14.2. The minimum absolute atomic E-state index is 0.0991.